The van der Waals surface area contributed by atoms with Gasteiger partial charge in [0.1, 0.15) is 16.5 Å². The molecule has 1 fully saturated rings. The zero-order valence-electron chi connectivity index (χ0n) is 14.4. The third kappa shape index (κ3) is 3.51. The van der Waals surface area contributed by atoms with Gasteiger partial charge in [-0.25, -0.2) is 13.2 Å². The normalized spacial score (nSPS) is 20.6. The highest BCUT2D eigenvalue weighted by Gasteiger charge is 2.37. The zero-order chi connectivity index (χ0) is 18.2. The summed E-state index contributed by atoms with van der Waals surface area (Å²) >= 11 is 0. The Labute approximate surface area is 147 Å². The predicted molar refractivity (Wildman–Crippen MR) is 91.0 cm³/mol. The van der Waals surface area contributed by atoms with Crippen molar-refractivity contribution in [1.29, 1.82) is 0 Å². The van der Waals surface area contributed by atoms with E-state index in [1.165, 1.54) is 6.07 Å². The summed E-state index contributed by atoms with van der Waals surface area (Å²) in [5, 5.41) is 9.51. The number of morpholine rings is 1. The lowest BCUT2D eigenvalue weighted by atomic mass is 9.79. The maximum absolute atomic E-state index is 13.1. The van der Waals surface area contributed by atoms with Crippen molar-refractivity contribution in [3.63, 3.8) is 0 Å². The second kappa shape index (κ2) is 6.59. The number of carboxylic acids is 1. The van der Waals surface area contributed by atoms with Gasteiger partial charge in [0.25, 0.3) is 0 Å². The SMILES string of the molecule is CC1(C)CCOc2c1ccc(C(=O)O)c2S(=O)(=O)CN1CCOCC1. The molecule has 2 heterocycles. The minimum Gasteiger partial charge on any atom is -0.492 e. The Bertz CT molecular complexity index is 781. The molecule has 0 unspecified atom stereocenters. The second-order valence-corrected chi connectivity index (χ2v) is 8.98. The fraction of sp³-hybridized carbons (Fsp3) is 0.588. The number of rotatable bonds is 4. The van der Waals surface area contributed by atoms with Crippen molar-refractivity contribution >= 4 is 15.8 Å². The number of hydrogen-bond donors (Lipinski definition) is 1. The van der Waals surface area contributed by atoms with Gasteiger partial charge in [-0.3, -0.25) is 4.90 Å². The van der Waals surface area contributed by atoms with Crippen LogP contribution in [0.1, 0.15) is 36.2 Å². The van der Waals surface area contributed by atoms with E-state index >= 15 is 0 Å². The van der Waals surface area contributed by atoms with Gasteiger partial charge >= 0.3 is 5.97 Å². The molecule has 0 aromatic heterocycles. The van der Waals surface area contributed by atoms with Gasteiger partial charge in [0.05, 0.1) is 25.4 Å². The third-order valence-corrected chi connectivity index (χ3v) is 6.54. The molecule has 0 saturated carbocycles. The van der Waals surface area contributed by atoms with Gasteiger partial charge in [0.15, 0.2) is 9.84 Å². The van der Waals surface area contributed by atoms with Gasteiger partial charge in [-0.1, -0.05) is 19.9 Å². The predicted octanol–water partition coefficient (Wildman–Crippen LogP) is 1.51. The monoisotopic (exact) mass is 369 g/mol. The van der Waals surface area contributed by atoms with Gasteiger partial charge in [-0.05, 0) is 17.9 Å². The first kappa shape index (κ1) is 18.2. The molecule has 8 heteroatoms. The Kier molecular flexibility index (Phi) is 4.78. The summed E-state index contributed by atoms with van der Waals surface area (Å²) in [5.41, 5.74) is 0.238. The third-order valence-electron chi connectivity index (χ3n) is 4.81. The molecule has 1 aromatic rings. The number of benzene rings is 1. The van der Waals surface area contributed by atoms with E-state index in [1.54, 1.807) is 11.0 Å². The molecule has 1 N–H and O–H groups in total. The van der Waals surface area contributed by atoms with Crippen LogP contribution >= 0.6 is 0 Å². The van der Waals surface area contributed by atoms with Crippen LogP contribution in [0.15, 0.2) is 17.0 Å². The van der Waals surface area contributed by atoms with Gasteiger partial charge < -0.3 is 14.6 Å². The number of sulfone groups is 1. The van der Waals surface area contributed by atoms with E-state index in [0.29, 0.717) is 32.9 Å². The molecule has 1 aromatic carbocycles. The quantitative estimate of drug-likeness (QED) is 0.860. The Morgan fingerprint density at radius 2 is 1.92 bits per heavy atom. The molecule has 138 valence electrons. The Morgan fingerprint density at radius 3 is 2.56 bits per heavy atom. The van der Waals surface area contributed by atoms with Crippen LogP contribution in [0.4, 0.5) is 0 Å². The number of hydrogen-bond acceptors (Lipinski definition) is 6. The summed E-state index contributed by atoms with van der Waals surface area (Å²) in [5.74, 6) is -1.31. The number of carboxylic acid groups (broad SMARTS) is 1. The van der Waals surface area contributed by atoms with Crippen LogP contribution in [0, 0.1) is 0 Å². The molecular weight excluding hydrogens is 346 g/mol. The molecule has 1 saturated heterocycles. The van der Waals surface area contributed by atoms with Crippen molar-refractivity contribution in [1.82, 2.24) is 4.90 Å². The van der Waals surface area contributed by atoms with Gasteiger partial charge in [0, 0.05) is 18.7 Å². The number of fused-ring (bicyclic) bond motifs is 1. The molecule has 7 nitrogen and oxygen atoms in total. The minimum absolute atomic E-state index is 0.197. The lowest BCUT2D eigenvalue weighted by Gasteiger charge is -2.34. The molecular formula is C17H23NO6S. The van der Waals surface area contributed by atoms with E-state index in [0.717, 1.165) is 12.0 Å². The Hall–Kier alpha value is -1.64. The fourth-order valence-electron chi connectivity index (χ4n) is 3.29. The highest BCUT2D eigenvalue weighted by Crippen LogP contribution is 2.43. The molecule has 0 radical (unpaired) electrons. The van der Waals surface area contributed by atoms with E-state index < -0.39 is 15.8 Å². The summed E-state index contributed by atoms with van der Waals surface area (Å²) in [4.78, 5) is 13.2. The van der Waals surface area contributed by atoms with E-state index in [9.17, 15) is 18.3 Å². The minimum atomic E-state index is -3.86. The van der Waals surface area contributed by atoms with Gasteiger partial charge in [-0.2, -0.15) is 0 Å². The van der Waals surface area contributed by atoms with Crippen molar-refractivity contribution in [2.45, 2.75) is 30.6 Å². The smallest absolute Gasteiger partial charge is 0.337 e. The Balaban J connectivity index is 2.10. The molecule has 0 bridgehead atoms. The van der Waals surface area contributed by atoms with Crippen LogP contribution in [0.5, 0.6) is 5.75 Å². The fourth-order valence-corrected chi connectivity index (χ4v) is 5.10. The van der Waals surface area contributed by atoms with E-state index in [1.807, 2.05) is 13.8 Å². The van der Waals surface area contributed by atoms with Crippen LogP contribution in [-0.2, 0) is 20.0 Å². The molecule has 25 heavy (non-hydrogen) atoms. The van der Waals surface area contributed by atoms with Crippen LogP contribution in [0.2, 0.25) is 0 Å². The average Bonchev–Trinajstić information content (AvgIpc) is 2.54. The number of carbonyl (C=O) groups is 1. The van der Waals surface area contributed by atoms with E-state index in [-0.39, 0.29) is 27.5 Å². The lowest BCUT2D eigenvalue weighted by molar-refractivity contribution is 0.0464. The van der Waals surface area contributed by atoms with Crippen LogP contribution in [0.3, 0.4) is 0 Å². The number of aromatic carboxylic acids is 1. The maximum atomic E-state index is 13.1. The summed E-state index contributed by atoms with van der Waals surface area (Å²) in [7, 11) is -3.86. The molecule has 0 amide bonds. The van der Waals surface area contributed by atoms with Crippen molar-refractivity contribution in [3.8, 4) is 5.75 Å². The highest BCUT2D eigenvalue weighted by molar-refractivity contribution is 7.91. The first-order valence-electron chi connectivity index (χ1n) is 8.29. The molecule has 0 aliphatic carbocycles. The van der Waals surface area contributed by atoms with Gasteiger partial charge in [-0.15, -0.1) is 0 Å². The van der Waals surface area contributed by atoms with Crippen molar-refractivity contribution in [2.75, 3.05) is 38.8 Å². The summed E-state index contributed by atoms with van der Waals surface area (Å²) in [6.07, 6.45) is 0.745. The van der Waals surface area contributed by atoms with Crippen LogP contribution < -0.4 is 4.74 Å². The zero-order valence-corrected chi connectivity index (χ0v) is 15.3. The molecule has 3 rings (SSSR count). The van der Waals surface area contributed by atoms with Crippen LogP contribution in [0.25, 0.3) is 0 Å². The summed E-state index contributed by atoms with van der Waals surface area (Å²) in [6.45, 7) is 6.32. The maximum Gasteiger partial charge on any atom is 0.337 e. The summed E-state index contributed by atoms with van der Waals surface area (Å²) < 4.78 is 37.1. The highest BCUT2D eigenvalue weighted by atomic mass is 32.2. The standard InChI is InChI=1S/C17H23NO6S/c1-17(2)5-8-24-14-13(17)4-3-12(16(19)20)15(14)25(21,22)11-18-6-9-23-10-7-18/h3-4H,5-11H2,1-2H3,(H,19,20). The van der Waals surface area contributed by atoms with E-state index in [4.69, 9.17) is 9.47 Å². The van der Waals surface area contributed by atoms with Crippen molar-refractivity contribution < 1.29 is 27.8 Å². The lowest BCUT2D eigenvalue weighted by Crippen LogP contribution is -2.40. The first-order valence-corrected chi connectivity index (χ1v) is 9.94. The topological polar surface area (TPSA) is 93.1 Å². The number of nitrogens with zero attached hydrogens (tertiary/aromatic N) is 1. The second-order valence-electron chi connectivity index (χ2n) is 7.08. The van der Waals surface area contributed by atoms with Crippen LogP contribution in [-0.4, -0.2) is 63.2 Å². The Morgan fingerprint density at radius 1 is 1.24 bits per heavy atom. The summed E-state index contributed by atoms with van der Waals surface area (Å²) in [6, 6.07) is 3.05. The number of ether oxygens (including phenoxy) is 2. The van der Waals surface area contributed by atoms with Crippen molar-refractivity contribution in [2.24, 2.45) is 0 Å². The van der Waals surface area contributed by atoms with Gasteiger partial charge in [0.2, 0.25) is 0 Å². The largest absolute Gasteiger partial charge is 0.492 e. The average molecular weight is 369 g/mol. The molecule has 0 atom stereocenters. The van der Waals surface area contributed by atoms with Crippen molar-refractivity contribution in [3.05, 3.63) is 23.3 Å². The molecule has 2 aliphatic heterocycles. The molecule has 0 spiro atoms. The first-order chi connectivity index (χ1) is 11.7. The molecule has 2 aliphatic rings. The van der Waals surface area contributed by atoms with E-state index in [2.05, 4.69) is 0 Å².